The van der Waals surface area contributed by atoms with Crippen LogP contribution in [0.15, 0.2) is 17.4 Å². The van der Waals surface area contributed by atoms with Crippen LogP contribution in [0.25, 0.3) is 0 Å². The van der Waals surface area contributed by atoms with Gasteiger partial charge in [-0.15, -0.1) is 0 Å². The summed E-state index contributed by atoms with van der Waals surface area (Å²) in [6.07, 6.45) is 6.19. The van der Waals surface area contributed by atoms with Crippen LogP contribution in [0, 0.1) is 5.92 Å². The molecule has 0 aliphatic carbocycles. The molecule has 0 atom stereocenters. The minimum absolute atomic E-state index is 0.286. The molecule has 2 fully saturated rings. The van der Waals surface area contributed by atoms with Crippen molar-refractivity contribution in [1.82, 2.24) is 29.6 Å². The van der Waals surface area contributed by atoms with Crippen molar-refractivity contribution in [2.24, 2.45) is 10.9 Å². The molecule has 0 spiro atoms. The Balaban J connectivity index is 1.53. The summed E-state index contributed by atoms with van der Waals surface area (Å²) in [5.74, 6) is 2.81. The van der Waals surface area contributed by atoms with E-state index >= 15 is 0 Å². The number of aromatic nitrogens is 2. The van der Waals surface area contributed by atoms with E-state index in [1.807, 2.05) is 17.3 Å². The van der Waals surface area contributed by atoms with Gasteiger partial charge in [-0.1, -0.05) is 13.8 Å². The van der Waals surface area contributed by atoms with Gasteiger partial charge in [-0.2, -0.15) is 0 Å². The number of guanidine groups is 1. The van der Waals surface area contributed by atoms with Gasteiger partial charge < -0.3 is 19.7 Å². The molecule has 3 rings (SSSR count). The van der Waals surface area contributed by atoms with Gasteiger partial charge in [0.05, 0.1) is 6.54 Å². The lowest BCUT2D eigenvalue weighted by atomic mass is 10.2. The highest BCUT2D eigenvalue weighted by Gasteiger charge is 2.24. The van der Waals surface area contributed by atoms with E-state index < -0.39 is 0 Å². The van der Waals surface area contributed by atoms with Gasteiger partial charge in [-0.25, -0.2) is 9.98 Å². The average Bonchev–Trinajstić information content (AvgIpc) is 3.38. The third-order valence-corrected chi connectivity index (χ3v) is 5.56. The fraction of sp³-hybridized carbons (Fsp3) is 0.762. The first kappa shape index (κ1) is 21.6. The first-order chi connectivity index (χ1) is 14.1. The number of imidazole rings is 1. The topological polar surface area (TPSA) is 69.0 Å². The molecule has 162 valence electrons. The molecule has 1 amide bonds. The molecule has 1 N–H and O–H groups in total. The number of hydrogen-bond donors (Lipinski definition) is 1. The van der Waals surface area contributed by atoms with Crippen LogP contribution < -0.4 is 5.32 Å². The van der Waals surface area contributed by atoms with Crippen molar-refractivity contribution in [1.29, 1.82) is 0 Å². The minimum Gasteiger partial charge on any atom is -0.357 e. The molecule has 3 heterocycles. The van der Waals surface area contributed by atoms with Crippen molar-refractivity contribution in [2.75, 3.05) is 52.4 Å². The highest BCUT2D eigenvalue weighted by Crippen LogP contribution is 2.10. The highest BCUT2D eigenvalue weighted by molar-refractivity contribution is 5.80. The lowest BCUT2D eigenvalue weighted by Gasteiger charge is -2.36. The molecule has 1 aromatic heterocycles. The van der Waals surface area contributed by atoms with Crippen LogP contribution in [-0.2, 0) is 17.9 Å². The Hall–Kier alpha value is -2.09. The SMILES string of the molecule is CCNC(=NCc1nccn1CC(C)C)N1CCN(CC(=O)N2CCCC2)CC1. The summed E-state index contributed by atoms with van der Waals surface area (Å²) in [6.45, 7) is 14.9. The lowest BCUT2D eigenvalue weighted by molar-refractivity contribution is -0.131. The van der Waals surface area contributed by atoms with E-state index in [2.05, 4.69) is 45.4 Å². The highest BCUT2D eigenvalue weighted by atomic mass is 16.2. The predicted molar refractivity (Wildman–Crippen MR) is 116 cm³/mol. The average molecular weight is 404 g/mol. The number of carbonyl (C=O) groups excluding carboxylic acids is 1. The van der Waals surface area contributed by atoms with Crippen molar-refractivity contribution < 1.29 is 4.79 Å². The standard InChI is InChI=1S/C21H37N7O/c1-4-22-21(24-15-19-23-7-10-28(19)16-18(2)3)27-13-11-25(12-14-27)17-20(29)26-8-5-6-9-26/h7,10,18H,4-6,8-9,11-17H2,1-3H3,(H,22,24). The summed E-state index contributed by atoms with van der Waals surface area (Å²) in [5, 5.41) is 3.42. The van der Waals surface area contributed by atoms with Gasteiger partial charge in [0, 0.05) is 64.8 Å². The molecule has 8 nitrogen and oxygen atoms in total. The van der Waals surface area contributed by atoms with E-state index in [1.54, 1.807) is 0 Å². The van der Waals surface area contributed by atoms with Crippen LogP contribution >= 0.6 is 0 Å². The number of piperazine rings is 1. The summed E-state index contributed by atoms with van der Waals surface area (Å²) >= 11 is 0. The number of aliphatic imine (C=N–C) groups is 1. The molecule has 1 aromatic rings. The smallest absolute Gasteiger partial charge is 0.236 e. The molecule has 2 saturated heterocycles. The Kier molecular flexibility index (Phi) is 7.91. The zero-order valence-electron chi connectivity index (χ0n) is 18.3. The number of amides is 1. The Morgan fingerprint density at radius 1 is 1.14 bits per heavy atom. The van der Waals surface area contributed by atoms with Gasteiger partial charge in [0.25, 0.3) is 0 Å². The quantitative estimate of drug-likeness (QED) is 0.548. The molecule has 0 aromatic carbocycles. The second-order valence-corrected chi connectivity index (χ2v) is 8.41. The maximum Gasteiger partial charge on any atom is 0.236 e. The molecule has 29 heavy (non-hydrogen) atoms. The molecule has 0 bridgehead atoms. The van der Waals surface area contributed by atoms with E-state index in [0.29, 0.717) is 19.0 Å². The predicted octanol–water partition coefficient (Wildman–Crippen LogP) is 1.24. The number of rotatable bonds is 7. The molecule has 0 radical (unpaired) electrons. The molecular formula is C21H37N7O. The number of nitrogens with one attached hydrogen (secondary N) is 1. The van der Waals surface area contributed by atoms with Gasteiger partial charge in [0.1, 0.15) is 12.4 Å². The van der Waals surface area contributed by atoms with Crippen LogP contribution in [-0.4, -0.2) is 88.5 Å². The zero-order valence-corrected chi connectivity index (χ0v) is 18.3. The number of likely N-dealkylation sites (tertiary alicyclic amines) is 1. The van der Waals surface area contributed by atoms with Crippen molar-refractivity contribution >= 4 is 11.9 Å². The summed E-state index contributed by atoms with van der Waals surface area (Å²) < 4.78 is 2.19. The van der Waals surface area contributed by atoms with Gasteiger partial charge >= 0.3 is 0 Å². The summed E-state index contributed by atoms with van der Waals surface area (Å²) in [6, 6.07) is 0. The third-order valence-electron chi connectivity index (χ3n) is 5.56. The van der Waals surface area contributed by atoms with Crippen molar-refractivity contribution in [2.45, 2.75) is 46.7 Å². The van der Waals surface area contributed by atoms with E-state index in [0.717, 1.165) is 77.0 Å². The maximum atomic E-state index is 12.4. The first-order valence-corrected chi connectivity index (χ1v) is 11.1. The largest absolute Gasteiger partial charge is 0.357 e. The van der Waals surface area contributed by atoms with Crippen LogP contribution in [0.4, 0.5) is 0 Å². The number of hydrogen-bond acceptors (Lipinski definition) is 4. The Morgan fingerprint density at radius 3 is 2.52 bits per heavy atom. The van der Waals surface area contributed by atoms with E-state index in [4.69, 9.17) is 4.99 Å². The zero-order chi connectivity index (χ0) is 20.6. The second-order valence-electron chi connectivity index (χ2n) is 8.41. The first-order valence-electron chi connectivity index (χ1n) is 11.1. The molecule has 0 unspecified atom stereocenters. The molecule has 8 heteroatoms. The van der Waals surface area contributed by atoms with Gasteiger partial charge in [-0.3, -0.25) is 9.69 Å². The number of carbonyl (C=O) groups is 1. The van der Waals surface area contributed by atoms with E-state index in [-0.39, 0.29) is 5.91 Å². The molecular weight excluding hydrogens is 366 g/mol. The van der Waals surface area contributed by atoms with Crippen LogP contribution in [0.5, 0.6) is 0 Å². The van der Waals surface area contributed by atoms with Gasteiger partial charge in [0.15, 0.2) is 5.96 Å². The van der Waals surface area contributed by atoms with E-state index in [1.165, 1.54) is 0 Å². The molecule has 2 aliphatic rings. The molecule has 2 aliphatic heterocycles. The molecule has 0 saturated carbocycles. The second kappa shape index (κ2) is 10.6. The minimum atomic E-state index is 0.286. The van der Waals surface area contributed by atoms with E-state index in [9.17, 15) is 4.79 Å². The monoisotopic (exact) mass is 403 g/mol. The number of nitrogens with zero attached hydrogens (tertiary/aromatic N) is 6. The maximum absolute atomic E-state index is 12.4. The Morgan fingerprint density at radius 2 is 1.86 bits per heavy atom. The summed E-state index contributed by atoms with van der Waals surface area (Å²) in [4.78, 5) is 28.3. The van der Waals surface area contributed by atoms with Crippen LogP contribution in [0.3, 0.4) is 0 Å². The fourth-order valence-electron chi connectivity index (χ4n) is 4.00. The summed E-state index contributed by atoms with van der Waals surface area (Å²) in [5.41, 5.74) is 0. The van der Waals surface area contributed by atoms with Crippen molar-refractivity contribution in [3.8, 4) is 0 Å². The van der Waals surface area contributed by atoms with Gasteiger partial charge in [-0.05, 0) is 25.7 Å². The fourth-order valence-corrected chi connectivity index (χ4v) is 4.00. The normalized spacial score (nSPS) is 18.7. The Bertz CT molecular complexity index is 670. The summed E-state index contributed by atoms with van der Waals surface area (Å²) in [7, 11) is 0. The Labute approximate surface area is 175 Å². The van der Waals surface area contributed by atoms with Crippen molar-refractivity contribution in [3.63, 3.8) is 0 Å². The lowest BCUT2D eigenvalue weighted by Crippen LogP contribution is -2.54. The van der Waals surface area contributed by atoms with Crippen molar-refractivity contribution in [3.05, 3.63) is 18.2 Å². The van der Waals surface area contributed by atoms with Gasteiger partial charge in [0.2, 0.25) is 5.91 Å². The van der Waals surface area contributed by atoms with Crippen LogP contribution in [0.1, 0.15) is 39.4 Å². The van der Waals surface area contributed by atoms with Crippen LogP contribution in [0.2, 0.25) is 0 Å². The third kappa shape index (κ3) is 6.19.